The molecule has 1 fully saturated rings. The molecule has 0 spiro atoms. The van der Waals surface area contributed by atoms with Crippen LogP contribution in [0.2, 0.25) is 0 Å². The van der Waals surface area contributed by atoms with E-state index in [2.05, 4.69) is 20.8 Å². The van der Waals surface area contributed by atoms with Gasteiger partial charge in [0.25, 0.3) is 0 Å². The smallest absolute Gasteiger partial charge is 0.223 e. The lowest BCUT2D eigenvalue weighted by Gasteiger charge is -2.25. The van der Waals surface area contributed by atoms with Crippen LogP contribution in [-0.4, -0.2) is 35.1 Å². The molecule has 3 nitrogen and oxygen atoms in total. The maximum atomic E-state index is 11.6. The Labute approximate surface area is 92.5 Å². The molecule has 1 amide bonds. The van der Waals surface area contributed by atoms with Gasteiger partial charge in [-0.05, 0) is 25.7 Å². The van der Waals surface area contributed by atoms with Gasteiger partial charge in [-0.1, -0.05) is 13.8 Å². The molecule has 0 bridgehead atoms. The predicted molar refractivity (Wildman–Crippen MR) is 60.4 cm³/mol. The Morgan fingerprint density at radius 2 is 2.07 bits per heavy atom. The summed E-state index contributed by atoms with van der Waals surface area (Å²) in [7, 11) is 0. The first-order valence-corrected chi connectivity index (χ1v) is 5.95. The molecular weight excluding hydrogens is 190 g/mol. The van der Waals surface area contributed by atoms with Crippen LogP contribution >= 0.6 is 0 Å². The quantitative estimate of drug-likeness (QED) is 0.754. The van der Waals surface area contributed by atoms with Crippen molar-refractivity contribution in [2.45, 2.75) is 46.1 Å². The van der Waals surface area contributed by atoms with E-state index in [-0.39, 0.29) is 18.4 Å². The number of amides is 1. The molecule has 1 rings (SSSR count). The minimum absolute atomic E-state index is 0.138. The molecule has 0 saturated carbocycles. The van der Waals surface area contributed by atoms with E-state index >= 15 is 0 Å². The highest BCUT2D eigenvalue weighted by atomic mass is 16.3. The number of hydrogen-bond acceptors (Lipinski definition) is 2. The fraction of sp³-hybridized carbons (Fsp3) is 0.917. The molecule has 88 valence electrons. The third-order valence-electron chi connectivity index (χ3n) is 3.19. The van der Waals surface area contributed by atoms with Crippen molar-refractivity contribution in [1.82, 2.24) is 4.90 Å². The summed E-state index contributed by atoms with van der Waals surface area (Å²) < 4.78 is 0. The monoisotopic (exact) mass is 213 g/mol. The van der Waals surface area contributed by atoms with Gasteiger partial charge in [-0.3, -0.25) is 4.79 Å². The number of carbonyl (C=O) groups excluding carboxylic acids is 1. The van der Waals surface area contributed by atoms with Crippen molar-refractivity contribution in [3.05, 3.63) is 0 Å². The second kappa shape index (κ2) is 5.50. The summed E-state index contributed by atoms with van der Waals surface area (Å²) >= 11 is 0. The van der Waals surface area contributed by atoms with Gasteiger partial charge >= 0.3 is 0 Å². The standard InChI is InChI=1S/C12H23NO2/c1-9(2)4-5-10(3)13-7-11(8-14)6-12(13)15/h9-11,14H,4-8H2,1-3H3. The van der Waals surface area contributed by atoms with E-state index < -0.39 is 0 Å². The van der Waals surface area contributed by atoms with Crippen molar-refractivity contribution in [3.8, 4) is 0 Å². The van der Waals surface area contributed by atoms with E-state index in [0.717, 1.165) is 19.4 Å². The number of rotatable bonds is 5. The van der Waals surface area contributed by atoms with Gasteiger partial charge in [-0.15, -0.1) is 0 Å². The summed E-state index contributed by atoms with van der Waals surface area (Å²) in [6.45, 7) is 7.40. The van der Waals surface area contributed by atoms with Crippen molar-refractivity contribution in [1.29, 1.82) is 0 Å². The summed E-state index contributed by atoms with van der Waals surface area (Å²) in [6.07, 6.45) is 2.76. The van der Waals surface area contributed by atoms with Gasteiger partial charge in [0, 0.05) is 31.5 Å². The molecule has 0 aromatic carbocycles. The highest BCUT2D eigenvalue weighted by molar-refractivity contribution is 5.78. The van der Waals surface area contributed by atoms with Crippen molar-refractivity contribution >= 4 is 5.91 Å². The summed E-state index contributed by atoms with van der Waals surface area (Å²) in [5.74, 6) is 1.07. The van der Waals surface area contributed by atoms with Crippen LogP contribution in [0.3, 0.4) is 0 Å². The molecule has 1 saturated heterocycles. The topological polar surface area (TPSA) is 40.5 Å². The van der Waals surface area contributed by atoms with Gasteiger partial charge in [0.2, 0.25) is 5.91 Å². The number of aliphatic hydroxyl groups excluding tert-OH is 1. The molecule has 2 atom stereocenters. The van der Waals surface area contributed by atoms with Crippen LogP contribution in [0.15, 0.2) is 0 Å². The summed E-state index contributed by atoms with van der Waals surface area (Å²) in [5, 5.41) is 9.02. The van der Waals surface area contributed by atoms with Crippen molar-refractivity contribution in [3.63, 3.8) is 0 Å². The SMILES string of the molecule is CC(C)CCC(C)N1CC(CO)CC1=O. The Bertz CT molecular complexity index is 216. The number of likely N-dealkylation sites (tertiary alicyclic amines) is 1. The highest BCUT2D eigenvalue weighted by Crippen LogP contribution is 2.22. The van der Waals surface area contributed by atoms with E-state index in [1.54, 1.807) is 0 Å². The van der Waals surface area contributed by atoms with E-state index in [9.17, 15) is 4.79 Å². The van der Waals surface area contributed by atoms with Crippen LogP contribution in [0.4, 0.5) is 0 Å². The lowest BCUT2D eigenvalue weighted by atomic mass is 10.0. The molecule has 0 radical (unpaired) electrons. The minimum atomic E-state index is 0.138. The van der Waals surface area contributed by atoms with Crippen LogP contribution in [0, 0.1) is 11.8 Å². The van der Waals surface area contributed by atoms with Crippen LogP contribution in [0.25, 0.3) is 0 Å². The molecule has 0 aliphatic carbocycles. The second-order valence-corrected chi connectivity index (χ2v) is 5.12. The van der Waals surface area contributed by atoms with Gasteiger partial charge in [0.1, 0.15) is 0 Å². The summed E-state index contributed by atoms with van der Waals surface area (Å²) in [4.78, 5) is 13.6. The van der Waals surface area contributed by atoms with Crippen LogP contribution in [0.1, 0.15) is 40.0 Å². The first-order chi connectivity index (χ1) is 7.04. The first kappa shape index (κ1) is 12.5. The Morgan fingerprint density at radius 3 is 2.53 bits per heavy atom. The fourth-order valence-corrected chi connectivity index (χ4v) is 2.09. The molecule has 0 aromatic heterocycles. The molecule has 0 aromatic rings. The average Bonchev–Trinajstić information content (AvgIpc) is 2.56. The van der Waals surface area contributed by atoms with E-state index in [4.69, 9.17) is 5.11 Å². The highest BCUT2D eigenvalue weighted by Gasteiger charge is 2.31. The normalized spacial score (nSPS) is 23.9. The number of carbonyl (C=O) groups is 1. The van der Waals surface area contributed by atoms with Crippen LogP contribution < -0.4 is 0 Å². The molecule has 3 heteroatoms. The molecule has 1 N–H and O–H groups in total. The van der Waals surface area contributed by atoms with Crippen LogP contribution in [-0.2, 0) is 4.79 Å². The van der Waals surface area contributed by atoms with Crippen molar-refractivity contribution in [2.24, 2.45) is 11.8 Å². The molecule has 1 heterocycles. The average molecular weight is 213 g/mol. The summed E-state index contributed by atoms with van der Waals surface area (Å²) in [5.41, 5.74) is 0. The Kier molecular flexibility index (Phi) is 4.58. The maximum Gasteiger partial charge on any atom is 0.223 e. The van der Waals surface area contributed by atoms with E-state index in [0.29, 0.717) is 18.4 Å². The second-order valence-electron chi connectivity index (χ2n) is 5.12. The zero-order valence-electron chi connectivity index (χ0n) is 10.1. The molecule has 15 heavy (non-hydrogen) atoms. The third kappa shape index (κ3) is 3.49. The number of aliphatic hydroxyl groups is 1. The maximum absolute atomic E-state index is 11.6. The van der Waals surface area contributed by atoms with Crippen molar-refractivity contribution in [2.75, 3.05) is 13.2 Å². The Balaban J connectivity index is 2.39. The predicted octanol–water partition coefficient (Wildman–Crippen LogP) is 1.65. The van der Waals surface area contributed by atoms with Gasteiger partial charge < -0.3 is 10.0 Å². The van der Waals surface area contributed by atoms with Gasteiger partial charge in [0.05, 0.1) is 0 Å². The van der Waals surface area contributed by atoms with Gasteiger partial charge in [0.15, 0.2) is 0 Å². The lowest BCUT2D eigenvalue weighted by molar-refractivity contribution is -0.129. The lowest BCUT2D eigenvalue weighted by Crippen LogP contribution is -2.34. The molecule has 1 aliphatic rings. The van der Waals surface area contributed by atoms with Crippen molar-refractivity contribution < 1.29 is 9.90 Å². The molecule has 1 aliphatic heterocycles. The van der Waals surface area contributed by atoms with E-state index in [1.807, 2.05) is 4.90 Å². The Hall–Kier alpha value is -0.570. The molecule has 2 unspecified atom stereocenters. The molecular formula is C12H23NO2. The fourth-order valence-electron chi connectivity index (χ4n) is 2.09. The zero-order valence-corrected chi connectivity index (χ0v) is 10.1. The zero-order chi connectivity index (χ0) is 11.4. The van der Waals surface area contributed by atoms with Gasteiger partial charge in [-0.25, -0.2) is 0 Å². The number of nitrogens with zero attached hydrogens (tertiary/aromatic N) is 1. The number of hydrogen-bond donors (Lipinski definition) is 1. The largest absolute Gasteiger partial charge is 0.396 e. The Morgan fingerprint density at radius 1 is 1.40 bits per heavy atom. The summed E-state index contributed by atoms with van der Waals surface area (Å²) in [6, 6.07) is 0.330. The van der Waals surface area contributed by atoms with Gasteiger partial charge in [-0.2, -0.15) is 0 Å². The minimum Gasteiger partial charge on any atom is -0.396 e. The van der Waals surface area contributed by atoms with E-state index in [1.165, 1.54) is 0 Å². The first-order valence-electron chi connectivity index (χ1n) is 5.95. The van der Waals surface area contributed by atoms with Crippen LogP contribution in [0.5, 0.6) is 0 Å². The third-order valence-corrected chi connectivity index (χ3v) is 3.19.